The van der Waals surface area contributed by atoms with Crippen LogP contribution in [0.3, 0.4) is 0 Å². The van der Waals surface area contributed by atoms with E-state index in [9.17, 15) is 0 Å². The highest BCUT2D eigenvalue weighted by Crippen LogP contribution is 2.17. The Morgan fingerprint density at radius 1 is 1.21 bits per heavy atom. The molecule has 0 aliphatic carbocycles. The van der Waals surface area contributed by atoms with Crippen LogP contribution in [0.2, 0.25) is 0 Å². The summed E-state index contributed by atoms with van der Waals surface area (Å²) >= 11 is 2.15. The minimum absolute atomic E-state index is 0.527. The van der Waals surface area contributed by atoms with Crippen molar-refractivity contribution in [2.24, 2.45) is 0 Å². The number of aromatic amines is 1. The molecule has 0 amide bonds. The molecule has 0 fully saturated rings. The molecule has 0 unspecified atom stereocenters. The van der Waals surface area contributed by atoms with E-state index < -0.39 is 0 Å². The number of H-pyrrole nitrogens is 1. The molecule has 96 valence electrons. The van der Waals surface area contributed by atoms with Crippen LogP contribution >= 0.6 is 22.6 Å². The minimum atomic E-state index is 0.527. The van der Waals surface area contributed by atoms with Crippen LogP contribution < -0.4 is 5.73 Å². The number of halogens is 1. The molecule has 2 heterocycles. The van der Waals surface area contributed by atoms with Gasteiger partial charge in [0.2, 0.25) is 0 Å². The van der Waals surface area contributed by atoms with Crippen LogP contribution in [0.4, 0.5) is 5.82 Å². The van der Waals surface area contributed by atoms with Crippen molar-refractivity contribution < 1.29 is 0 Å². The maximum Gasteiger partial charge on any atom is 0.140 e. The van der Waals surface area contributed by atoms with Gasteiger partial charge in [-0.1, -0.05) is 12.1 Å². The largest absolute Gasteiger partial charge is 0.383 e. The van der Waals surface area contributed by atoms with Gasteiger partial charge in [0, 0.05) is 0 Å². The number of aromatic nitrogens is 4. The third-order valence-corrected chi connectivity index (χ3v) is 4.19. The van der Waals surface area contributed by atoms with E-state index in [0.717, 1.165) is 26.1 Å². The Bertz CT molecular complexity index is 694. The molecule has 3 rings (SSSR count). The predicted molar refractivity (Wildman–Crippen MR) is 82.8 cm³/mol. The van der Waals surface area contributed by atoms with Crippen LogP contribution in [0, 0.1) is 10.5 Å². The molecular formula is C13H12IN5. The minimum Gasteiger partial charge on any atom is -0.383 e. The number of nitrogen functional groups attached to an aromatic ring is 1. The first-order valence-electron chi connectivity index (χ1n) is 5.85. The molecule has 0 aliphatic heterocycles. The maximum atomic E-state index is 5.86. The van der Waals surface area contributed by atoms with Crippen LogP contribution in [0.5, 0.6) is 0 Å². The Labute approximate surface area is 123 Å². The van der Waals surface area contributed by atoms with Gasteiger partial charge in [-0.3, -0.25) is 0 Å². The number of nitrogens with zero attached hydrogens (tertiary/aromatic N) is 3. The Morgan fingerprint density at radius 3 is 2.74 bits per heavy atom. The molecule has 0 saturated carbocycles. The zero-order valence-electron chi connectivity index (χ0n) is 10.3. The Hall–Kier alpha value is -1.70. The monoisotopic (exact) mass is 365 g/mol. The van der Waals surface area contributed by atoms with Crippen LogP contribution in [-0.2, 0) is 6.42 Å². The fourth-order valence-corrected chi connectivity index (χ4v) is 2.20. The van der Waals surface area contributed by atoms with E-state index in [0.29, 0.717) is 18.1 Å². The summed E-state index contributed by atoms with van der Waals surface area (Å²) in [5.74, 6) is 2.06. The van der Waals surface area contributed by atoms with Gasteiger partial charge in [0.25, 0.3) is 0 Å². The molecule has 2 aromatic heterocycles. The lowest BCUT2D eigenvalue weighted by Gasteiger charge is -2.04. The van der Waals surface area contributed by atoms with Crippen molar-refractivity contribution in [1.29, 1.82) is 0 Å². The molecule has 0 radical (unpaired) electrons. The van der Waals surface area contributed by atoms with Gasteiger partial charge in [0.15, 0.2) is 0 Å². The first-order chi connectivity index (χ1) is 9.13. The summed E-state index contributed by atoms with van der Waals surface area (Å²) in [5.41, 5.74) is 8.74. The third kappa shape index (κ3) is 2.40. The lowest BCUT2D eigenvalue weighted by atomic mass is 10.3. The fourth-order valence-electron chi connectivity index (χ4n) is 1.96. The number of nitrogens with one attached hydrogen (secondary N) is 1. The van der Waals surface area contributed by atoms with Crippen molar-refractivity contribution in [3.63, 3.8) is 0 Å². The Kier molecular flexibility index (Phi) is 3.09. The Morgan fingerprint density at radius 2 is 2.00 bits per heavy atom. The van der Waals surface area contributed by atoms with E-state index >= 15 is 0 Å². The number of hydrogen-bond acceptors (Lipinski definition) is 4. The summed E-state index contributed by atoms with van der Waals surface area (Å²) in [6.45, 7) is 1.93. The molecule has 3 aromatic rings. The zero-order chi connectivity index (χ0) is 13.4. The molecule has 19 heavy (non-hydrogen) atoms. The van der Waals surface area contributed by atoms with Gasteiger partial charge in [-0.25, -0.2) is 15.0 Å². The van der Waals surface area contributed by atoms with Crippen molar-refractivity contribution in [3.8, 4) is 0 Å². The summed E-state index contributed by atoms with van der Waals surface area (Å²) in [7, 11) is 0. The number of imidazole rings is 1. The number of nitrogens with two attached hydrogens (primary N) is 1. The Balaban J connectivity index is 1.96. The van der Waals surface area contributed by atoms with Crippen molar-refractivity contribution in [2.45, 2.75) is 13.3 Å². The molecule has 0 spiro atoms. The molecular weight excluding hydrogens is 353 g/mol. The van der Waals surface area contributed by atoms with Gasteiger partial charge < -0.3 is 10.7 Å². The number of rotatable bonds is 2. The van der Waals surface area contributed by atoms with E-state index in [1.807, 2.05) is 31.2 Å². The lowest BCUT2D eigenvalue weighted by molar-refractivity contribution is 0.900. The number of aryl methyl sites for hydroxylation is 1. The van der Waals surface area contributed by atoms with Crippen LogP contribution in [-0.4, -0.2) is 19.9 Å². The second kappa shape index (κ2) is 4.76. The highest BCUT2D eigenvalue weighted by molar-refractivity contribution is 14.1. The summed E-state index contributed by atoms with van der Waals surface area (Å²) in [6, 6.07) is 7.92. The smallest absolute Gasteiger partial charge is 0.140 e. The molecule has 0 aliphatic rings. The van der Waals surface area contributed by atoms with Gasteiger partial charge in [0.1, 0.15) is 17.5 Å². The maximum absolute atomic E-state index is 5.86. The number of para-hydroxylation sites is 2. The first kappa shape index (κ1) is 12.3. The number of anilines is 1. The van der Waals surface area contributed by atoms with Gasteiger partial charge in [-0.2, -0.15) is 0 Å². The van der Waals surface area contributed by atoms with Crippen LogP contribution in [0.25, 0.3) is 11.0 Å². The molecule has 5 nitrogen and oxygen atoms in total. The average molecular weight is 365 g/mol. The van der Waals surface area contributed by atoms with Crippen molar-refractivity contribution >= 4 is 39.4 Å². The highest BCUT2D eigenvalue weighted by Gasteiger charge is 2.09. The lowest BCUT2D eigenvalue weighted by Crippen LogP contribution is -2.06. The van der Waals surface area contributed by atoms with E-state index in [-0.39, 0.29) is 0 Å². The van der Waals surface area contributed by atoms with E-state index in [1.54, 1.807) is 0 Å². The van der Waals surface area contributed by atoms with E-state index in [1.165, 1.54) is 0 Å². The summed E-state index contributed by atoms with van der Waals surface area (Å²) < 4.78 is 0.908. The topological polar surface area (TPSA) is 80.5 Å². The van der Waals surface area contributed by atoms with Crippen LogP contribution in [0.15, 0.2) is 24.3 Å². The molecule has 0 atom stereocenters. The van der Waals surface area contributed by atoms with E-state index in [2.05, 4.69) is 42.5 Å². The molecule has 0 bridgehead atoms. The highest BCUT2D eigenvalue weighted by atomic mass is 127. The van der Waals surface area contributed by atoms with Gasteiger partial charge in [-0.15, -0.1) is 0 Å². The summed E-state index contributed by atoms with van der Waals surface area (Å²) in [6.07, 6.45) is 0.552. The number of hydrogen-bond donors (Lipinski definition) is 2. The standard InChI is InChI=1S/C13H12IN5/c1-7-12(14)13(15)19-10(16-7)6-11-17-8-4-2-3-5-9(8)18-11/h2-5H,6H2,1H3,(H,17,18)(H2,15,16,19). The number of fused-ring (bicyclic) bond motifs is 1. The second-order valence-electron chi connectivity index (χ2n) is 4.30. The van der Waals surface area contributed by atoms with Crippen molar-refractivity contribution in [3.05, 3.63) is 45.2 Å². The normalized spacial score (nSPS) is 11.1. The summed E-state index contributed by atoms with van der Waals surface area (Å²) in [5, 5.41) is 0. The molecule has 1 aromatic carbocycles. The van der Waals surface area contributed by atoms with Gasteiger partial charge in [0.05, 0.1) is 26.7 Å². The molecule has 0 saturated heterocycles. The quantitative estimate of drug-likeness (QED) is 0.684. The van der Waals surface area contributed by atoms with Gasteiger partial charge in [-0.05, 0) is 41.6 Å². The van der Waals surface area contributed by atoms with Gasteiger partial charge >= 0.3 is 0 Å². The molecule has 3 N–H and O–H groups in total. The van der Waals surface area contributed by atoms with E-state index in [4.69, 9.17) is 5.73 Å². The van der Waals surface area contributed by atoms with Crippen molar-refractivity contribution in [1.82, 2.24) is 19.9 Å². The van der Waals surface area contributed by atoms with Crippen molar-refractivity contribution in [2.75, 3.05) is 5.73 Å². The predicted octanol–water partition coefficient (Wildman–Crippen LogP) is 2.44. The average Bonchev–Trinajstić information content (AvgIpc) is 2.78. The fraction of sp³-hybridized carbons (Fsp3) is 0.154. The molecule has 6 heteroatoms. The van der Waals surface area contributed by atoms with Crippen LogP contribution in [0.1, 0.15) is 17.3 Å². The first-order valence-corrected chi connectivity index (χ1v) is 6.93. The SMILES string of the molecule is Cc1nc(Cc2nc3ccccc3[nH]2)nc(N)c1I. The third-order valence-electron chi connectivity index (χ3n) is 2.85. The zero-order valence-corrected chi connectivity index (χ0v) is 12.5. The summed E-state index contributed by atoms with van der Waals surface area (Å²) in [4.78, 5) is 16.5. The second-order valence-corrected chi connectivity index (χ2v) is 5.38. The number of benzene rings is 1.